The first-order valence-electron chi connectivity index (χ1n) is 4.88. The van der Waals surface area contributed by atoms with Crippen molar-refractivity contribution in [2.75, 3.05) is 13.1 Å². The number of nitriles is 1. The van der Waals surface area contributed by atoms with Gasteiger partial charge in [0.2, 0.25) is 0 Å². The van der Waals surface area contributed by atoms with Gasteiger partial charge in [0.15, 0.2) is 0 Å². The van der Waals surface area contributed by atoms with Crippen LogP contribution in [0.3, 0.4) is 0 Å². The lowest BCUT2D eigenvalue weighted by Gasteiger charge is -2.32. The standard InChI is InChI=1S/C10H16N2/c1-8-3-5-12-6-4-9(2)10(8,12)7-11/h8-9H,3-6H2,1-2H3. The van der Waals surface area contributed by atoms with E-state index in [-0.39, 0.29) is 5.54 Å². The van der Waals surface area contributed by atoms with Gasteiger partial charge >= 0.3 is 0 Å². The summed E-state index contributed by atoms with van der Waals surface area (Å²) in [5.74, 6) is 1.14. The molecular weight excluding hydrogens is 148 g/mol. The first-order chi connectivity index (χ1) is 5.71. The topological polar surface area (TPSA) is 27.0 Å². The first-order valence-corrected chi connectivity index (χ1v) is 4.88. The van der Waals surface area contributed by atoms with Crippen LogP contribution in [0.15, 0.2) is 0 Å². The fourth-order valence-corrected chi connectivity index (χ4v) is 3.02. The Morgan fingerprint density at radius 1 is 1.25 bits per heavy atom. The molecule has 2 fully saturated rings. The number of rotatable bonds is 0. The molecule has 2 heteroatoms. The normalized spacial score (nSPS) is 47.4. The van der Waals surface area contributed by atoms with Crippen molar-refractivity contribution in [1.29, 1.82) is 5.26 Å². The van der Waals surface area contributed by atoms with Crippen LogP contribution in [0.1, 0.15) is 26.7 Å². The minimum Gasteiger partial charge on any atom is -0.285 e. The molecule has 0 saturated carbocycles. The maximum absolute atomic E-state index is 9.28. The van der Waals surface area contributed by atoms with Gasteiger partial charge in [0.05, 0.1) is 6.07 Å². The highest BCUT2D eigenvalue weighted by molar-refractivity contribution is 5.19. The van der Waals surface area contributed by atoms with Crippen LogP contribution in [0.4, 0.5) is 0 Å². The van der Waals surface area contributed by atoms with Crippen molar-refractivity contribution in [3.8, 4) is 6.07 Å². The maximum atomic E-state index is 9.28. The molecule has 2 unspecified atom stereocenters. The Balaban J connectivity index is 2.37. The highest BCUT2D eigenvalue weighted by Gasteiger charge is 2.54. The first kappa shape index (κ1) is 8.07. The molecule has 12 heavy (non-hydrogen) atoms. The van der Waals surface area contributed by atoms with E-state index in [1.165, 1.54) is 12.8 Å². The second kappa shape index (κ2) is 2.47. The fraction of sp³-hybridized carbons (Fsp3) is 0.900. The number of nitrogens with zero attached hydrogens (tertiary/aromatic N) is 2. The Bertz CT molecular complexity index is 214. The van der Waals surface area contributed by atoms with Crippen molar-refractivity contribution < 1.29 is 0 Å². The Morgan fingerprint density at radius 3 is 2.08 bits per heavy atom. The Kier molecular flexibility index (Phi) is 1.66. The number of hydrogen-bond acceptors (Lipinski definition) is 2. The largest absolute Gasteiger partial charge is 0.285 e. The zero-order chi connectivity index (χ0) is 8.77. The summed E-state index contributed by atoms with van der Waals surface area (Å²) in [6.07, 6.45) is 2.41. The van der Waals surface area contributed by atoms with E-state index in [4.69, 9.17) is 0 Å². The van der Waals surface area contributed by atoms with E-state index in [1.807, 2.05) is 0 Å². The SMILES string of the molecule is CC1CCN2CCC(C)C12C#N. The van der Waals surface area contributed by atoms with Gasteiger partial charge in [-0.3, -0.25) is 4.90 Å². The van der Waals surface area contributed by atoms with Crippen LogP contribution >= 0.6 is 0 Å². The van der Waals surface area contributed by atoms with Gasteiger partial charge in [-0.1, -0.05) is 13.8 Å². The molecule has 0 N–H and O–H groups in total. The summed E-state index contributed by atoms with van der Waals surface area (Å²) < 4.78 is 0. The van der Waals surface area contributed by atoms with Gasteiger partial charge in [-0.2, -0.15) is 5.26 Å². The molecule has 66 valence electrons. The van der Waals surface area contributed by atoms with Crippen molar-refractivity contribution in [2.45, 2.75) is 32.2 Å². The Hall–Kier alpha value is -0.550. The van der Waals surface area contributed by atoms with E-state index in [1.54, 1.807) is 0 Å². The Labute approximate surface area is 74.2 Å². The maximum Gasteiger partial charge on any atom is 0.114 e. The minimum absolute atomic E-state index is 0.0972. The van der Waals surface area contributed by atoms with Crippen LogP contribution in [-0.2, 0) is 0 Å². The summed E-state index contributed by atoms with van der Waals surface area (Å²) in [5.41, 5.74) is -0.0972. The molecule has 0 amide bonds. The summed E-state index contributed by atoms with van der Waals surface area (Å²) in [5, 5.41) is 9.28. The molecule has 0 bridgehead atoms. The van der Waals surface area contributed by atoms with Crippen LogP contribution in [0.2, 0.25) is 0 Å². The molecule has 2 aliphatic heterocycles. The highest BCUT2D eigenvalue weighted by Crippen LogP contribution is 2.45. The van der Waals surface area contributed by atoms with Gasteiger partial charge in [-0.25, -0.2) is 0 Å². The average Bonchev–Trinajstić information content (AvgIpc) is 2.54. The molecule has 2 heterocycles. The smallest absolute Gasteiger partial charge is 0.114 e. The Morgan fingerprint density at radius 2 is 1.75 bits per heavy atom. The second-order valence-electron chi connectivity index (χ2n) is 4.30. The molecule has 0 spiro atoms. The van der Waals surface area contributed by atoms with Crippen molar-refractivity contribution in [2.24, 2.45) is 11.8 Å². The summed E-state index contributed by atoms with van der Waals surface area (Å²) in [6.45, 7) is 6.73. The highest BCUT2D eigenvalue weighted by atomic mass is 15.3. The lowest BCUT2D eigenvalue weighted by atomic mass is 9.79. The van der Waals surface area contributed by atoms with Gasteiger partial charge in [-0.15, -0.1) is 0 Å². The molecule has 0 aromatic heterocycles. The van der Waals surface area contributed by atoms with E-state index in [0.717, 1.165) is 13.1 Å². The molecule has 0 aromatic rings. The monoisotopic (exact) mass is 164 g/mol. The third kappa shape index (κ3) is 0.728. The van der Waals surface area contributed by atoms with E-state index >= 15 is 0 Å². The average molecular weight is 164 g/mol. The molecule has 0 radical (unpaired) electrons. The third-order valence-electron chi connectivity index (χ3n) is 3.87. The van der Waals surface area contributed by atoms with Crippen LogP contribution < -0.4 is 0 Å². The van der Waals surface area contributed by atoms with E-state index in [0.29, 0.717) is 11.8 Å². The van der Waals surface area contributed by atoms with Gasteiger partial charge in [0, 0.05) is 13.1 Å². The van der Waals surface area contributed by atoms with Crippen LogP contribution in [0, 0.1) is 23.2 Å². The minimum atomic E-state index is -0.0972. The molecule has 2 rings (SSSR count). The van der Waals surface area contributed by atoms with Crippen molar-refractivity contribution in [3.63, 3.8) is 0 Å². The fourth-order valence-electron chi connectivity index (χ4n) is 3.02. The second-order valence-corrected chi connectivity index (χ2v) is 4.30. The summed E-state index contributed by atoms with van der Waals surface area (Å²) >= 11 is 0. The number of hydrogen-bond donors (Lipinski definition) is 0. The zero-order valence-corrected chi connectivity index (χ0v) is 7.88. The third-order valence-corrected chi connectivity index (χ3v) is 3.87. The van der Waals surface area contributed by atoms with Gasteiger partial charge in [-0.05, 0) is 24.7 Å². The summed E-state index contributed by atoms with van der Waals surface area (Å²) in [4.78, 5) is 2.39. The quantitative estimate of drug-likeness (QED) is 0.544. The number of fused-ring (bicyclic) bond motifs is 1. The predicted molar refractivity (Wildman–Crippen MR) is 47.5 cm³/mol. The van der Waals surface area contributed by atoms with Crippen molar-refractivity contribution >= 4 is 0 Å². The van der Waals surface area contributed by atoms with Crippen LogP contribution in [-0.4, -0.2) is 23.5 Å². The van der Waals surface area contributed by atoms with Crippen molar-refractivity contribution in [3.05, 3.63) is 0 Å². The van der Waals surface area contributed by atoms with Crippen molar-refractivity contribution in [1.82, 2.24) is 4.90 Å². The lowest BCUT2D eigenvalue weighted by molar-refractivity contribution is 0.184. The molecule has 2 atom stereocenters. The van der Waals surface area contributed by atoms with E-state index < -0.39 is 0 Å². The molecule has 2 saturated heterocycles. The van der Waals surface area contributed by atoms with Gasteiger partial charge in [0.1, 0.15) is 5.54 Å². The molecule has 0 aromatic carbocycles. The lowest BCUT2D eigenvalue weighted by Crippen LogP contribution is -2.44. The van der Waals surface area contributed by atoms with E-state index in [2.05, 4.69) is 24.8 Å². The summed E-state index contributed by atoms with van der Waals surface area (Å²) in [6, 6.07) is 2.56. The van der Waals surface area contributed by atoms with Crippen LogP contribution in [0.25, 0.3) is 0 Å². The molecule has 2 nitrogen and oxygen atoms in total. The van der Waals surface area contributed by atoms with Gasteiger partial charge in [0.25, 0.3) is 0 Å². The van der Waals surface area contributed by atoms with Gasteiger partial charge < -0.3 is 0 Å². The van der Waals surface area contributed by atoms with E-state index in [9.17, 15) is 5.26 Å². The zero-order valence-electron chi connectivity index (χ0n) is 7.88. The predicted octanol–water partition coefficient (Wildman–Crippen LogP) is 1.63. The van der Waals surface area contributed by atoms with Crippen LogP contribution in [0.5, 0.6) is 0 Å². The molecule has 0 aliphatic carbocycles. The molecular formula is C10H16N2. The molecule has 2 aliphatic rings. The summed E-state index contributed by atoms with van der Waals surface area (Å²) in [7, 11) is 0.